The van der Waals surface area contributed by atoms with Crippen LogP contribution in [0, 0.1) is 0 Å². The highest BCUT2D eigenvalue weighted by molar-refractivity contribution is 5.80. The highest BCUT2D eigenvalue weighted by Crippen LogP contribution is 2.08. The Morgan fingerprint density at radius 1 is 1.76 bits per heavy atom. The van der Waals surface area contributed by atoms with E-state index in [1.165, 1.54) is 4.57 Å². The van der Waals surface area contributed by atoms with Crippen LogP contribution in [-0.2, 0) is 7.05 Å². The molecule has 1 aromatic rings. The standard InChI is InChI=1S/C10H17N5O2/c1-7(6-8(11)13-17)15(3)9-10(16)14(2)5-4-12-9/h4-5,7,17H,6H2,1-3H3,(H2,11,13). The summed E-state index contributed by atoms with van der Waals surface area (Å²) in [6.07, 6.45) is 3.50. The van der Waals surface area contributed by atoms with Crippen LogP contribution < -0.4 is 16.2 Å². The average molecular weight is 239 g/mol. The maximum Gasteiger partial charge on any atom is 0.293 e. The zero-order chi connectivity index (χ0) is 13.0. The van der Waals surface area contributed by atoms with Crippen LogP contribution in [0.15, 0.2) is 22.3 Å². The quantitative estimate of drug-likeness (QED) is 0.326. The molecule has 1 atom stereocenters. The topological polar surface area (TPSA) is 96.7 Å². The molecule has 0 aliphatic carbocycles. The van der Waals surface area contributed by atoms with E-state index in [2.05, 4.69) is 10.1 Å². The van der Waals surface area contributed by atoms with Crippen molar-refractivity contribution in [3.05, 3.63) is 22.7 Å². The molecule has 0 bridgehead atoms. The van der Waals surface area contributed by atoms with E-state index < -0.39 is 0 Å². The summed E-state index contributed by atoms with van der Waals surface area (Å²) in [6, 6.07) is -0.0894. The first kappa shape index (κ1) is 13.0. The number of rotatable bonds is 4. The first-order valence-corrected chi connectivity index (χ1v) is 5.18. The van der Waals surface area contributed by atoms with Crippen molar-refractivity contribution in [3.8, 4) is 0 Å². The van der Waals surface area contributed by atoms with Crippen molar-refractivity contribution in [2.24, 2.45) is 17.9 Å². The second-order valence-electron chi connectivity index (χ2n) is 3.92. The number of hydrogen-bond donors (Lipinski definition) is 2. The van der Waals surface area contributed by atoms with Crippen molar-refractivity contribution in [1.82, 2.24) is 9.55 Å². The van der Waals surface area contributed by atoms with E-state index in [1.54, 1.807) is 31.4 Å². The van der Waals surface area contributed by atoms with Crippen LogP contribution in [0.25, 0.3) is 0 Å². The molecule has 17 heavy (non-hydrogen) atoms. The molecule has 0 fully saturated rings. The molecule has 0 saturated heterocycles. The number of hydrogen-bond acceptors (Lipinski definition) is 5. The van der Waals surface area contributed by atoms with Crippen LogP contribution in [0.5, 0.6) is 0 Å². The number of nitrogens with two attached hydrogens (primary N) is 1. The van der Waals surface area contributed by atoms with Crippen molar-refractivity contribution in [2.45, 2.75) is 19.4 Å². The van der Waals surface area contributed by atoms with Gasteiger partial charge in [0.15, 0.2) is 5.82 Å². The lowest BCUT2D eigenvalue weighted by molar-refractivity contribution is 0.316. The summed E-state index contributed by atoms with van der Waals surface area (Å²) in [4.78, 5) is 17.6. The molecule has 94 valence electrons. The fourth-order valence-corrected chi connectivity index (χ4v) is 1.42. The summed E-state index contributed by atoms with van der Waals surface area (Å²) in [5, 5.41) is 11.4. The molecule has 0 spiro atoms. The van der Waals surface area contributed by atoms with E-state index >= 15 is 0 Å². The number of aromatic nitrogens is 2. The molecule has 1 aromatic heterocycles. The molecule has 0 aliphatic rings. The lowest BCUT2D eigenvalue weighted by atomic mass is 10.2. The van der Waals surface area contributed by atoms with Crippen LogP contribution in [0.1, 0.15) is 13.3 Å². The Kier molecular flexibility index (Phi) is 4.08. The maximum atomic E-state index is 11.8. The number of aryl methyl sites for hydroxylation is 1. The van der Waals surface area contributed by atoms with Gasteiger partial charge in [-0.2, -0.15) is 0 Å². The molecule has 7 nitrogen and oxygen atoms in total. The minimum atomic E-state index is -0.179. The summed E-state index contributed by atoms with van der Waals surface area (Å²) in [7, 11) is 3.41. The molecular weight excluding hydrogens is 222 g/mol. The molecule has 0 saturated carbocycles. The van der Waals surface area contributed by atoms with Gasteiger partial charge >= 0.3 is 0 Å². The van der Waals surface area contributed by atoms with E-state index in [4.69, 9.17) is 10.9 Å². The molecule has 0 aliphatic heterocycles. The van der Waals surface area contributed by atoms with E-state index in [1.807, 2.05) is 6.92 Å². The molecule has 1 rings (SSSR count). The van der Waals surface area contributed by atoms with Crippen molar-refractivity contribution in [3.63, 3.8) is 0 Å². The third-order valence-corrected chi connectivity index (χ3v) is 2.63. The Labute approximate surface area is 99.2 Å². The summed E-state index contributed by atoms with van der Waals surface area (Å²) in [6.45, 7) is 1.87. The second-order valence-corrected chi connectivity index (χ2v) is 3.92. The van der Waals surface area contributed by atoms with E-state index in [9.17, 15) is 4.79 Å². The van der Waals surface area contributed by atoms with Crippen LogP contribution in [0.3, 0.4) is 0 Å². The monoisotopic (exact) mass is 239 g/mol. The third kappa shape index (κ3) is 2.96. The minimum absolute atomic E-state index is 0.0894. The smallest absolute Gasteiger partial charge is 0.293 e. The zero-order valence-electron chi connectivity index (χ0n) is 10.2. The minimum Gasteiger partial charge on any atom is -0.409 e. The predicted octanol–water partition coefficient (Wildman–Crippen LogP) is -0.258. The highest BCUT2D eigenvalue weighted by atomic mass is 16.4. The average Bonchev–Trinajstić information content (AvgIpc) is 2.31. The van der Waals surface area contributed by atoms with Crippen molar-refractivity contribution in [2.75, 3.05) is 11.9 Å². The van der Waals surface area contributed by atoms with Crippen molar-refractivity contribution in [1.29, 1.82) is 0 Å². The zero-order valence-corrected chi connectivity index (χ0v) is 10.2. The largest absolute Gasteiger partial charge is 0.409 e. The Hall–Kier alpha value is -2.05. The summed E-state index contributed by atoms with van der Waals surface area (Å²) in [5.41, 5.74) is 5.25. The van der Waals surface area contributed by atoms with Crippen LogP contribution in [0.2, 0.25) is 0 Å². The molecule has 3 N–H and O–H groups in total. The van der Waals surface area contributed by atoms with Gasteiger partial charge in [0.1, 0.15) is 5.84 Å². The Balaban J connectivity index is 2.93. The molecule has 1 unspecified atom stereocenters. The van der Waals surface area contributed by atoms with Gasteiger partial charge in [-0.3, -0.25) is 4.79 Å². The van der Waals surface area contributed by atoms with Crippen LogP contribution in [-0.4, -0.2) is 33.7 Å². The second kappa shape index (κ2) is 5.33. The molecule has 7 heteroatoms. The van der Waals surface area contributed by atoms with Crippen LogP contribution in [0.4, 0.5) is 5.82 Å². The van der Waals surface area contributed by atoms with Gasteiger partial charge in [0.25, 0.3) is 5.56 Å². The normalized spacial score (nSPS) is 13.5. The highest BCUT2D eigenvalue weighted by Gasteiger charge is 2.16. The van der Waals surface area contributed by atoms with Crippen molar-refractivity contribution < 1.29 is 5.21 Å². The number of anilines is 1. The first-order valence-electron chi connectivity index (χ1n) is 5.18. The maximum absolute atomic E-state index is 11.8. The number of oxime groups is 1. The predicted molar refractivity (Wildman–Crippen MR) is 65.4 cm³/mol. The summed E-state index contributed by atoms with van der Waals surface area (Å²) in [5.74, 6) is 0.463. The van der Waals surface area contributed by atoms with Gasteiger partial charge in [-0.25, -0.2) is 4.98 Å². The van der Waals surface area contributed by atoms with Gasteiger partial charge in [0, 0.05) is 39.0 Å². The molecular formula is C10H17N5O2. The van der Waals surface area contributed by atoms with Gasteiger partial charge in [-0.05, 0) is 6.92 Å². The van der Waals surface area contributed by atoms with Gasteiger partial charge in [-0.15, -0.1) is 0 Å². The molecule has 0 aromatic carbocycles. The Bertz CT molecular complexity index is 468. The molecule has 0 radical (unpaired) electrons. The lowest BCUT2D eigenvalue weighted by Gasteiger charge is -2.24. The van der Waals surface area contributed by atoms with Gasteiger partial charge < -0.3 is 20.4 Å². The summed E-state index contributed by atoms with van der Waals surface area (Å²) >= 11 is 0. The van der Waals surface area contributed by atoms with Gasteiger partial charge in [0.2, 0.25) is 0 Å². The van der Waals surface area contributed by atoms with E-state index in [0.717, 1.165) is 0 Å². The first-order chi connectivity index (χ1) is 7.97. The fourth-order valence-electron chi connectivity index (χ4n) is 1.42. The Morgan fingerprint density at radius 3 is 3.00 bits per heavy atom. The fraction of sp³-hybridized carbons (Fsp3) is 0.500. The third-order valence-electron chi connectivity index (χ3n) is 2.63. The Morgan fingerprint density at radius 2 is 2.41 bits per heavy atom. The lowest BCUT2D eigenvalue weighted by Crippen LogP contribution is -2.38. The van der Waals surface area contributed by atoms with Gasteiger partial charge in [0.05, 0.1) is 0 Å². The van der Waals surface area contributed by atoms with E-state index in [-0.39, 0.29) is 17.4 Å². The SMILES string of the molecule is CC(C/C(N)=N/O)N(C)c1nccn(C)c1=O. The van der Waals surface area contributed by atoms with Crippen LogP contribution >= 0.6 is 0 Å². The van der Waals surface area contributed by atoms with Gasteiger partial charge in [-0.1, -0.05) is 5.16 Å². The molecule has 1 heterocycles. The van der Waals surface area contributed by atoms with E-state index in [0.29, 0.717) is 12.2 Å². The number of nitrogens with zero attached hydrogens (tertiary/aromatic N) is 4. The molecule has 0 amide bonds. The number of amidine groups is 1. The summed E-state index contributed by atoms with van der Waals surface area (Å²) < 4.78 is 1.45. The van der Waals surface area contributed by atoms with Crippen molar-refractivity contribution >= 4 is 11.7 Å².